The predicted octanol–water partition coefficient (Wildman–Crippen LogP) is 1.15. The van der Waals surface area contributed by atoms with E-state index < -0.39 is 12.0 Å². The molecule has 92 valence electrons. The van der Waals surface area contributed by atoms with Crippen molar-refractivity contribution < 1.29 is 9.90 Å². The molecule has 1 aromatic rings. The van der Waals surface area contributed by atoms with E-state index in [0.29, 0.717) is 0 Å². The minimum absolute atomic E-state index is 0.289. The van der Waals surface area contributed by atoms with Gasteiger partial charge in [-0.05, 0) is 31.5 Å². The van der Waals surface area contributed by atoms with Crippen LogP contribution in [-0.4, -0.2) is 30.2 Å². The molecular formula is C13H18N2O2. The molecular weight excluding hydrogens is 216 g/mol. The third-order valence-corrected chi connectivity index (χ3v) is 3.12. The van der Waals surface area contributed by atoms with E-state index in [0.717, 1.165) is 31.5 Å². The number of hydrogen-bond donors (Lipinski definition) is 3. The molecule has 1 atom stereocenters. The third-order valence-electron chi connectivity index (χ3n) is 3.12. The van der Waals surface area contributed by atoms with E-state index in [1.54, 1.807) is 0 Å². The molecule has 0 aromatic heterocycles. The lowest BCUT2D eigenvalue weighted by atomic mass is 10.0. The van der Waals surface area contributed by atoms with Gasteiger partial charge in [-0.2, -0.15) is 0 Å². The van der Waals surface area contributed by atoms with Crippen molar-refractivity contribution in [2.75, 3.05) is 13.1 Å². The fraction of sp³-hybridized carbons (Fsp3) is 0.462. The van der Waals surface area contributed by atoms with E-state index >= 15 is 0 Å². The van der Waals surface area contributed by atoms with Gasteiger partial charge in [0.05, 0.1) is 0 Å². The first kappa shape index (κ1) is 12.1. The van der Waals surface area contributed by atoms with Crippen molar-refractivity contribution in [2.45, 2.75) is 24.9 Å². The zero-order valence-electron chi connectivity index (χ0n) is 9.73. The number of piperidine rings is 1. The third kappa shape index (κ3) is 3.28. The van der Waals surface area contributed by atoms with Crippen molar-refractivity contribution in [1.29, 1.82) is 0 Å². The molecule has 0 amide bonds. The van der Waals surface area contributed by atoms with Gasteiger partial charge < -0.3 is 10.4 Å². The van der Waals surface area contributed by atoms with Crippen LogP contribution in [0.25, 0.3) is 0 Å². The number of nitrogens with one attached hydrogen (secondary N) is 2. The number of carboxylic acid groups (broad SMARTS) is 1. The Kier molecular flexibility index (Phi) is 4.12. The molecule has 4 nitrogen and oxygen atoms in total. The normalized spacial score (nSPS) is 18.8. The van der Waals surface area contributed by atoms with Gasteiger partial charge in [0.15, 0.2) is 0 Å². The number of aliphatic carboxylic acids is 1. The number of hydrogen-bond acceptors (Lipinski definition) is 3. The predicted molar refractivity (Wildman–Crippen MR) is 65.8 cm³/mol. The Hall–Kier alpha value is -1.39. The van der Waals surface area contributed by atoms with Crippen LogP contribution in [0.2, 0.25) is 0 Å². The first-order chi connectivity index (χ1) is 8.27. The van der Waals surface area contributed by atoms with Crippen LogP contribution in [0.15, 0.2) is 30.3 Å². The Morgan fingerprint density at radius 2 is 1.94 bits per heavy atom. The SMILES string of the molecule is O=C(O)[C@@H](NC1CCNCC1)c1ccccc1. The van der Waals surface area contributed by atoms with Crippen LogP contribution in [0.3, 0.4) is 0 Å². The standard InChI is InChI=1S/C13H18N2O2/c16-13(17)12(10-4-2-1-3-5-10)15-11-6-8-14-9-7-11/h1-5,11-12,14-15H,6-9H2,(H,16,17)/t12-/m0/s1. The highest BCUT2D eigenvalue weighted by Gasteiger charge is 2.23. The average molecular weight is 234 g/mol. The maximum atomic E-state index is 11.3. The van der Waals surface area contributed by atoms with Crippen molar-refractivity contribution in [1.82, 2.24) is 10.6 Å². The molecule has 0 saturated carbocycles. The maximum Gasteiger partial charge on any atom is 0.325 e. The van der Waals surface area contributed by atoms with E-state index in [9.17, 15) is 9.90 Å². The van der Waals surface area contributed by atoms with Crippen LogP contribution in [0, 0.1) is 0 Å². The molecule has 0 bridgehead atoms. The molecule has 3 N–H and O–H groups in total. The molecule has 2 rings (SSSR count). The lowest BCUT2D eigenvalue weighted by Gasteiger charge is -2.27. The lowest BCUT2D eigenvalue weighted by molar-refractivity contribution is -0.140. The smallest absolute Gasteiger partial charge is 0.325 e. The fourth-order valence-corrected chi connectivity index (χ4v) is 2.18. The zero-order valence-corrected chi connectivity index (χ0v) is 9.73. The summed E-state index contributed by atoms with van der Waals surface area (Å²) in [5, 5.41) is 15.8. The van der Waals surface area contributed by atoms with Gasteiger partial charge in [0.1, 0.15) is 6.04 Å². The number of benzene rings is 1. The van der Waals surface area contributed by atoms with Gasteiger partial charge in [0.25, 0.3) is 0 Å². The quantitative estimate of drug-likeness (QED) is 0.731. The highest BCUT2D eigenvalue weighted by atomic mass is 16.4. The summed E-state index contributed by atoms with van der Waals surface area (Å²) >= 11 is 0. The molecule has 4 heteroatoms. The number of rotatable bonds is 4. The molecule has 0 spiro atoms. The lowest BCUT2D eigenvalue weighted by Crippen LogP contribution is -2.43. The monoisotopic (exact) mass is 234 g/mol. The van der Waals surface area contributed by atoms with Gasteiger partial charge in [-0.3, -0.25) is 10.1 Å². The van der Waals surface area contributed by atoms with Crippen LogP contribution < -0.4 is 10.6 Å². The van der Waals surface area contributed by atoms with Gasteiger partial charge in [-0.1, -0.05) is 30.3 Å². The number of carbonyl (C=O) groups is 1. The molecule has 0 unspecified atom stereocenters. The van der Waals surface area contributed by atoms with Crippen molar-refractivity contribution >= 4 is 5.97 Å². The second-order valence-electron chi connectivity index (χ2n) is 4.37. The second-order valence-corrected chi connectivity index (χ2v) is 4.37. The minimum atomic E-state index is -0.810. The van der Waals surface area contributed by atoms with Crippen LogP contribution in [0.4, 0.5) is 0 Å². The first-order valence-corrected chi connectivity index (χ1v) is 6.02. The molecule has 1 aliphatic heterocycles. The van der Waals surface area contributed by atoms with Gasteiger partial charge in [-0.25, -0.2) is 0 Å². The summed E-state index contributed by atoms with van der Waals surface area (Å²) in [4.78, 5) is 11.3. The minimum Gasteiger partial charge on any atom is -0.480 e. The van der Waals surface area contributed by atoms with Crippen molar-refractivity contribution in [2.24, 2.45) is 0 Å². The summed E-state index contributed by atoms with van der Waals surface area (Å²) in [7, 11) is 0. The summed E-state index contributed by atoms with van der Waals surface area (Å²) in [6, 6.07) is 9.04. The Morgan fingerprint density at radius 1 is 1.29 bits per heavy atom. The van der Waals surface area contributed by atoms with Crippen LogP contribution >= 0.6 is 0 Å². The summed E-state index contributed by atoms with van der Waals surface area (Å²) in [6.07, 6.45) is 1.97. The average Bonchev–Trinajstić information content (AvgIpc) is 2.38. The maximum absolute atomic E-state index is 11.3. The molecule has 0 radical (unpaired) electrons. The fourth-order valence-electron chi connectivity index (χ4n) is 2.18. The molecule has 1 aliphatic rings. The van der Waals surface area contributed by atoms with Crippen LogP contribution in [0.1, 0.15) is 24.4 Å². The molecule has 0 aliphatic carbocycles. The van der Waals surface area contributed by atoms with Gasteiger partial charge >= 0.3 is 5.97 Å². The van der Waals surface area contributed by atoms with Gasteiger partial charge in [-0.15, -0.1) is 0 Å². The van der Waals surface area contributed by atoms with E-state index in [1.165, 1.54) is 0 Å². The van der Waals surface area contributed by atoms with Gasteiger partial charge in [0, 0.05) is 6.04 Å². The van der Waals surface area contributed by atoms with E-state index in [1.807, 2.05) is 30.3 Å². The Morgan fingerprint density at radius 3 is 2.53 bits per heavy atom. The number of carboxylic acids is 1. The summed E-state index contributed by atoms with van der Waals surface area (Å²) < 4.78 is 0. The van der Waals surface area contributed by atoms with Crippen molar-refractivity contribution in [3.63, 3.8) is 0 Å². The van der Waals surface area contributed by atoms with Gasteiger partial charge in [0.2, 0.25) is 0 Å². The highest BCUT2D eigenvalue weighted by molar-refractivity contribution is 5.75. The topological polar surface area (TPSA) is 61.4 Å². The first-order valence-electron chi connectivity index (χ1n) is 6.02. The summed E-state index contributed by atoms with van der Waals surface area (Å²) in [6.45, 7) is 1.91. The highest BCUT2D eigenvalue weighted by Crippen LogP contribution is 2.16. The molecule has 1 saturated heterocycles. The van der Waals surface area contributed by atoms with Crippen LogP contribution in [-0.2, 0) is 4.79 Å². The summed E-state index contributed by atoms with van der Waals surface area (Å²) in [5.74, 6) is -0.810. The van der Waals surface area contributed by atoms with Crippen molar-refractivity contribution in [3.05, 3.63) is 35.9 Å². The molecule has 1 heterocycles. The second kappa shape index (κ2) is 5.80. The molecule has 1 aromatic carbocycles. The van der Waals surface area contributed by atoms with E-state index in [-0.39, 0.29) is 6.04 Å². The Bertz CT molecular complexity index is 361. The Balaban J connectivity index is 2.05. The zero-order chi connectivity index (χ0) is 12.1. The molecule has 1 fully saturated rings. The van der Waals surface area contributed by atoms with E-state index in [2.05, 4.69) is 10.6 Å². The molecule has 17 heavy (non-hydrogen) atoms. The summed E-state index contributed by atoms with van der Waals surface area (Å²) in [5.41, 5.74) is 0.818. The van der Waals surface area contributed by atoms with Crippen LogP contribution in [0.5, 0.6) is 0 Å². The van der Waals surface area contributed by atoms with E-state index in [4.69, 9.17) is 0 Å². The van der Waals surface area contributed by atoms with Crippen molar-refractivity contribution in [3.8, 4) is 0 Å². The largest absolute Gasteiger partial charge is 0.480 e. The Labute approximate surface area is 101 Å².